The summed E-state index contributed by atoms with van der Waals surface area (Å²) in [4.78, 5) is 27.8. The van der Waals surface area contributed by atoms with Gasteiger partial charge in [-0.15, -0.1) is 0 Å². The molecule has 0 atom stereocenters. The lowest BCUT2D eigenvalue weighted by Crippen LogP contribution is -2.37. The van der Waals surface area contributed by atoms with Crippen molar-refractivity contribution >= 4 is 11.8 Å². The molecule has 0 bridgehead atoms. The normalized spacial score (nSPS) is 17.4. The van der Waals surface area contributed by atoms with E-state index in [0.717, 1.165) is 29.8 Å². The zero-order valence-electron chi connectivity index (χ0n) is 14.3. The molecule has 2 aliphatic heterocycles. The molecule has 24 heavy (non-hydrogen) atoms. The summed E-state index contributed by atoms with van der Waals surface area (Å²) >= 11 is 0. The van der Waals surface area contributed by atoms with Crippen molar-refractivity contribution < 1.29 is 19.1 Å². The molecule has 0 spiro atoms. The van der Waals surface area contributed by atoms with Gasteiger partial charge < -0.3 is 19.3 Å². The summed E-state index contributed by atoms with van der Waals surface area (Å²) in [6.07, 6.45) is 1.17. The van der Waals surface area contributed by atoms with E-state index in [1.807, 2.05) is 28.9 Å². The molecule has 0 aromatic heterocycles. The zero-order chi connectivity index (χ0) is 17.1. The highest BCUT2D eigenvalue weighted by molar-refractivity contribution is 5.80. The number of rotatable bonds is 2. The molecular weight excluding hydrogens is 308 g/mol. The molecule has 1 aromatic carbocycles. The predicted octanol–water partition coefficient (Wildman–Crippen LogP) is 1.39. The molecule has 1 saturated heterocycles. The maximum Gasteiger partial charge on any atom is 0.227 e. The van der Waals surface area contributed by atoms with Crippen molar-refractivity contribution in [3.8, 4) is 11.5 Å². The quantitative estimate of drug-likeness (QED) is 0.821. The van der Waals surface area contributed by atoms with Gasteiger partial charge in [-0.2, -0.15) is 0 Å². The van der Waals surface area contributed by atoms with Gasteiger partial charge in [0.05, 0.1) is 6.42 Å². The number of nitrogens with zero attached hydrogens (tertiary/aromatic N) is 2. The molecule has 0 radical (unpaired) electrons. The lowest BCUT2D eigenvalue weighted by molar-refractivity contribution is -0.132. The van der Waals surface area contributed by atoms with E-state index in [4.69, 9.17) is 9.47 Å². The average molecular weight is 332 g/mol. The fraction of sp³-hybridized carbons (Fsp3) is 0.556. The highest BCUT2D eigenvalue weighted by Gasteiger charge is 2.22. The monoisotopic (exact) mass is 332 g/mol. The van der Waals surface area contributed by atoms with E-state index in [1.54, 1.807) is 6.92 Å². The Hall–Kier alpha value is -2.24. The summed E-state index contributed by atoms with van der Waals surface area (Å²) in [5.41, 5.74) is 2.00. The summed E-state index contributed by atoms with van der Waals surface area (Å²) < 4.78 is 11.2. The van der Waals surface area contributed by atoms with E-state index < -0.39 is 0 Å². The van der Waals surface area contributed by atoms with Gasteiger partial charge in [0.2, 0.25) is 11.8 Å². The Labute approximate surface area is 142 Å². The van der Waals surface area contributed by atoms with Crippen LogP contribution in [-0.2, 0) is 16.0 Å². The van der Waals surface area contributed by atoms with Crippen molar-refractivity contribution in [1.82, 2.24) is 9.80 Å². The Bertz CT molecular complexity index is 644. The van der Waals surface area contributed by atoms with E-state index in [2.05, 4.69) is 0 Å². The summed E-state index contributed by atoms with van der Waals surface area (Å²) in [7, 11) is 0. The first-order valence-corrected chi connectivity index (χ1v) is 8.47. The maximum atomic E-state index is 12.7. The number of amides is 2. The fourth-order valence-corrected chi connectivity index (χ4v) is 3.18. The van der Waals surface area contributed by atoms with Crippen molar-refractivity contribution in [1.29, 1.82) is 0 Å². The number of hydrogen-bond acceptors (Lipinski definition) is 4. The van der Waals surface area contributed by atoms with E-state index in [0.29, 0.717) is 45.0 Å². The van der Waals surface area contributed by atoms with Gasteiger partial charge in [0.1, 0.15) is 13.2 Å². The molecule has 2 heterocycles. The van der Waals surface area contributed by atoms with Crippen molar-refractivity contribution in [2.45, 2.75) is 26.7 Å². The molecule has 130 valence electrons. The molecular formula is C18H24N2O4. The predicted molar refractivity (Wildman–Crippen MR) is 89.3 cm³/mol. The van der Waals surface area contributed by atoms with Gasteiger partial charge in [-0.1, -0.05) is 0 Å². The van der Waals surface area contributed by atoms with Gasteiger partial charge in [-0.25, -0.2) is 0 Å². The van der Waals surface area contributed by atoms with E-state index in [1.165, 1.54) is 0 Å². The van der Waals surface area contributed by atoms with E-state index >= 15 is 0 Å². The first kappa shape index (κ1) is 16.6. The molecule has 0 saturated carbocycles. The zero-order valence-corrected chi connectivity index (χ0v) is 14.3. The van der Waals surface area contributed by atoms with E-state index in [-0.39, 0.29) is 11.8 Å². The van der Waals surface area contributed by atoms with Gasteiger partial charge in [0, 0.05) is 33.1 Å². The van der Waals surface area contributed by atoms with Crippen molar-refractivity contribution in [2.24, 2.45) is 0 Å². The number of carbonyl (C=O) groups is 2. The highest BCUT2D eigenvalue weighted by Crippen LogP contribution is 2.33. The Balaban J connectivity index is 1.67. The number of ether oxygens (including phenoxy) is 2. The lowest BCUT2D eigenvalue weighted by atomic mass is 10.0. The summed E-state index contributed by atoms with van der Waals surface area (Å²) in [6.45, 7) is 7.30. The third-order valence-electron chi connectivity index (χ3n) is 4.64. The molecule has 1 fully saturated rings. The van der Waals surface area contributed by atoms with Crippen LogP contribution in [0.3, 0.4) is 0 Å². The van der Waals surface area contributed by atoms with Crippen LogP contribution >= 0.6 is 0 Å². The minimum absolute atomic E-state index is 0.0759. The smallest absolute Gasteiger partial charge is 0.227 e. The number of benzene rings is 1. The topological polar surface area (TPSA) is 59.1 Å². The van der Waals surface area contributed by atoms with Gasteiger partial charge in [0.25, 0.3) is 0 Å². The average Bonchev–Trinajstić information content (AvgIpc) is 2.81. The number of hydrogen-bond donors (Lipinski definition) is 0. The Kier molecular flexibility index (Phi) is 4.92. The fourth-order valence-electron chi connectivity index (χ4n) is 3.18. The van der Waals surface area contributed by atoms with Gasteiger partial charge >= 0.3 is 0 Å². The second-order valence-electron chi connectivity index (χ2n) is 6.34. The van der Waals surface area contributed by atoms with Gasteiger partial charge in [-0.05, 0) is 36.6 Å². The van der Waals surface area contributed by atoms with Crippen LogP contribution in [0.4, 0.5) is 0 Å². The van der Waals surface area contributed by atoms with Crippen LogP contribution in [0.2, 0.25) is 0 Å². The molecule has 0 aliphatic carbocycles. The van der Waals surface area contributed by atoms with Crippen LogP contribution < -0.4 is 9.47 Å². The highest BCUT2D eigenvalue weighted by atomic mass is 16.6. The van der Waals surface area contributed by atoms with Crippen LogP contribution in [0, 0.1) is 6.92 Å². The molecule has 6 nitrogen and oxygen atoms in total. The molecule has 2 amide bonds. The van der Waals surface area contributed by atoms with Gasteiger partial charge in [-0.3, -0.25) is 9.59 Å². The second kappa shape index (κ2) is 7.11. The Morgan fingerprint density at radius 2 is 1.62 bits per heavy atom. The molecule has 1 aromatic rings. The van der Waals surface area contributed by atoms with Crippen LogP contribution in [0.5, 0.6) is 11.5 Å². The second-order valence-corrected chi connectivity index (χ2v) is 6.34. The molecule has 0 unspecified atom stereocenters. The lowest BCUT2D eigenvalue weighted by Gasteiger charge is -2.23. The third-order valence-corrected chi connectivity index (χ3v) is 4.64. The third kappa shape index (κ3) is 3.63. The first-order valence-electron chi connectivity index (χ1n) is 8.47. The largest absolute Gasteiger partial charge is 0.486 e. The Morgan fingerprint density at radius 3 is 2.33 bits per heavy atom. The summed E-state index contributed by atoms with van der Waals surface area (Å²) in [5, 5.41) is 0. The van der Waals surface area contributed by atoms with Crippen LogP contribution in [0.25, 0.3) is 0 Å². The number of fused-ring (bicyclic) bond motifs is 1. The Morgan fingerprint density at radius 1 is 1.00 bits per heavy atom. The molecule has 0 N–H and O–H groups in total. The standard InChI is InChI=1S/C18H24N2O4/c1-13-10-16-17(24-9-8-23-16)11-15(13)12-18(22)20-5-3-4-19(6-7-20)14(2)21/h10-11H,3-9,12H2,1-2H3. The minimum atomic E-state index is 0.0759. The summed E-state index contributed by atoms with van der Waals surface area (Å²) in [5.74, 6) is 1.64. The van der Waals surface area contributed by atoms with Crippen LogP contribution in [-0.4, -0.2) is 61.0 Å². The maximum absolute atomic E-state index is 12.7. The SMILES string of the molecule is CC(=O)N1CCCN(C(=O)Cc2cc3c(cc2C)OCCO3)CC1. The van der Waals surface area contributed by atoms with E-state index in [9.17, 15) is 9.59 Å². The molecule has 2 aliphatic rings. The number of carbonyl (C=O) groups excluding carboxylic acids is 2. The number of aryl methyl sites for hydroxylation is 1. The molecule has 3 rings (SSSR count). The van der Waals surface area contributed by atoms with Crippen molar-refractivity contribution in [3.05, 3.63) is 23.3 Å². The summed E-state index contributed by atoms with van der Waals surface area (Å²) in [6, 6.07) is 3.86. The van der Waals surface area contributed by atoms with Crippen LogP contribution in [0.1, 0.15) is 24.5 Å². The minimum Gasteiger partial charge on any atom is -0.486 e. The first-order chi connectivity index (χ1) is 11.5. The van der Waals surface area contributed by atoms with Crippen molar-refractivity contribution in [2.75, 3.05) is 39.4 Å². The van der Waals surface area contributed by atoms with Gasteiger partial charge in [0.15, 0.2) is 11.5 Å². The van der Waals surface area contributed by atoms with Crippen molar-refractivity contribution in [3.63, 3.8) is 0 Å². The van der Waals surface area contributed by atoms with Crippen LogP contribution in [0.15, 0.2) is 12.1 Å². The molecule has 6 heteroatoms.